The predicted molar refractivity (Wildman–Crippen MR) is 103 cm³/mol. The van der Waals surface area contributed by atoms with Gasteiger partial charge in [0, 0.05) is 36.1 Å². The van der Waals surface area contributed by atoms with E-state index in [0.717, 1.165) is 24.3 Å². The summed E-state index contributed by atoms with van der Waals surface area (Å²) in [5.74, 6) is -0.248. The Morgan fingerprint density at radius 1 is 1.40 bits per heavy atom. The van der Waals surface area contributed by atoms with E-state index in [2.05, 4.69) is 35.5 Å². The van der Waals surface area contributed by atoms with E-state index < -0.39 is 4.92 Å². The van der Waals surface area contributed by atoms with Crippen LogP contribution in [0.2, 0.25) is 0 Å². The van der Waals surface area contributed by atoms with Crippen molar-refractivity contribution in [2.75, 3.05) is 13.1 Å². The first kappa shape index (κ1) is 19.8. The number of carbonyl (C=O) groups is 1. The summed E-state index contributed by atoms with van der Waals surface area (Å²) in [7, 11) is 0. The van der Waals surface area contributed by atoms with Crippen molar-refractivity contribution >= 4 is 46.0 Å². The van der Waals surface area contributed by atoms with Crippen LogP contribution in [0, 0.1) is 10.1 Å². The van der Waals surface area contributed by atoms with Crippen LogP contribution in [0.15, 0.2) is 23.6 Å². The van der Waals surface area contributed by atoms with Gasteiger partial charge in [0.2, 0.25) is 0 Å². The first-order valence-corrected chi connectivity index (χ1v) is 9.51. The third-order valence-corrected chi connectivity index (χ3v) is 6.56. The Balaban J connectivity index is 0.00000225. The van der Waals surface area contributed by atoms with E-state index in [1.807, 2.05) is 0 Å². The number of nitrogens with one attached hydrogen (secondary N) is 1. The number of fused-ring (bicyclic) bond motifs is 1. The molecular formula is C16H20ClN3O3S2. The fraction of sp³-hybridized carbons (Fsp3) is 0.438. The number of rotatable bonds is 5. The summed E-state index contributed by atoms with van der Waals surface area (Å²) in [6, 6.07) is 5.86. The van der Waals surface area contributed by atoms with Gasteiger partial charge in [-0.3, -0.25) is 19.8 Å². The summed E-state index contributed by atoms with van der Waals surface area (Å²) < 4.78 is 0. The Kier molecular flexibility index (Phi) is 6.56. The van der Waals surface area contributed by atoms with E-state index in [0.29, 0.717) is 23.5 Å². The molecule has 2 atom stereocenters. The summed E-state index contributed by atoms with van der Waals surface area (Å²) in [5.41, 5.74) is 1.44. The minimum absolute atomic E-state index is 0. The van der Waals surface area contributed by atoms with Crippen molar-refractivity contribution in [3.63, 3.8) is 0 Å². The fourth-order valence-corrected chi connectivity index (χ4v) is 4.95. The molecule has 1 aliphatic rings. The molecule has 2 unspecified atom stereocenters. The Morgan fingerprint density at radius 3 is 2.84 bits per heavy atom. The molecule has 2 aromatic heterocycles. The average Bonchev–Trinajstić information content (AvgIpc) is 3.19. The molecule has 1 aliphatic heterocycles. The zero-order chi connectivity index (χ0) is 17.3. The fourth-order valence-electron chi connectivity index (χ4n) is 3.20. The summed E-state index contributed by atoms with van der Waals surface area (Å²) >= 11 is 2.70. The second-order valence-electron chi connectivity index (χ2n) is 5.93. The molecular weight excluding hydrogens is 382 g/mol. The van der Waals surface area contributed by atoms with Gasteiger partial charge in [0.1, 0.15) is 0 Å². The molecule has 6 nitrogen and oxygen atoms in total. The molecule has 1 N–H and O–H groups in total. The van der Waals surface area contributed by atoms with Gasteiger partial charge in [-0.1, -0.05) is 11.3 Å². The molecule has 0 bridgehead atoms. The van der Waals surface area contributed by atoms with Crippen LogP contribution in [0.5, 0.6) is 0 Å². The lowest BCUT2D eigenvalue weighted by Gasteiger charge is -2.38. The second-order valence-corrected chi connectivity index (χ2v) is 7.94. The molecule has 3 heterocycles. The maximum Gasteiger partial charge on any atom is 0.324 e. The summed E-state index contributed by atoms with van der Waals surface area (Å²) in [5, 5.41) is 15.7. The zero-order valence-corrected chi connectivity index (χ0v) is 16.4. The van der Waals surface area contributed by atoms with Crippen LogP contribution < -0.4 is 5.32 Å². The van der Waals surface area contributed by atoms with Crippen molar-refractivity contribution in [1.82, 2.24) is 10.2 Å². The standard InChI is InChI=1S/C16H19N3O3S2.ClH/c1-10-9-12-5-8-23-15(12)11(2)18(10)7-6-17-16(20)13-3-4-14(24-13)19(21)22;/h3-5,8,10-11H,6-7,9H2,1-2H3,(H,17,20);1H. The Labute approximate surface area is 160 Å². The van der Waals surface area contributed by atoms with E-state index in [-0.39, 0.29) is 23.3 Å². The first-order valence-electron chi connectivity index (χ1n) is 7.82. The lowest BCUT2D eigenvalue weighted by Crippen LogP contribution is -2.44. The quantitative estimate of drug-likeness (QED) is 0.609. The monoisotopic (exact) mass is 401 g/mol. The van der Waals surface area contributed by atoms with Gasteiger partial charge in [0.05, 0.1) is 9.80 Å². The number of halogens is 1. The maximum absolute atomic E-state index is 12.1. The van der Waals surface area contributed by atoms with Gasteiger partial charge in [0.25, 0.3) is 5.91 Å². The summed E-state index contributed by atoms with van der Waals surface area (Å²) in [4.78, 5) is 26.5. The average molecular weight is 402 g/mol. The molecule has 0 radical (unpaired) electrons. The van der Waals surface area contributed by atoms with Crippen LogP contribution in [0.4, 0.5) is 5.00 Å². The van der Waals surface area contributed by atoms with E-state index >= 15 is 0 Å². The van der Waals surface area contributed by atoms with Crippen molar-refractivity contribution in [3.8, 4) is 0 Å². The van der Waals surface area contributed by atoms with Crippen LogP contribution in [0.3, 0.4) is 0 Å². The molecule has 0 aromatic carbocycles. The molecule has 0 fully saturated rings. The highest BCUT2D eigenvalue weighted by Gasteiger charge is 2.29. The molecule has 3 rings (SSSR count). The lowest BCUT2D eigenvalue weighted by molar-refractivity contribution is -0.380. The molecule has 2 aromatic rings. The number of nitro groups is 1. The molecule has 0 spiro atoms. The van der Waals surface area contributed by atoms with Gasteiger partial charge in [-0.25, -0.2) is 0 Å². The molecule has 1 amide bonds. The van der Waals surface area contributed by atoms with Crippen LogP contribution in [-0.2, 0) is 6.42 Å². The normalized spacial score (nSPS) is 19.8. The lowest BCUT2D eigenvalue weighted by atomic mass is 9.97. The van der Waals surface area contributed by atoms with Crippen molar-refractivity contribution in [2.45, 2.75) is 32.4 Å². The van der Waals surface area contributed by atoms with Gasteiger partial charge in [-0.05, 0) is 43.3 Å². The van der Waals surface area contributed by atoms with Gasteiger partial charge in [-0.2, -0.15) is 0 Å². The van der Waals surface area contributed by atoms with Crippen LogP contribution in [-0.4, -0.2) is 34.9 Å². The Bertz CT molecular complexity index is 761. The van der Waals surface area contributed by atoms with Gasteiger partial charge in [-0.15, -0.1) is 23.7 Å². The summed E-state index contributed by atoms with van der Waals surface area (Å²) in [6.07, 6.45) is 1.04. The topological polar surface area (TPSA) is 75.5 Å². The Morgan fingerprint density at radius 2 is 2.16 bits per heavy atom. The maximum atomic E-state index is 12.1. The molecule has 9 heteroatoms. The van der Waals surface area contributed by atoms with Crippen molar-refractivity contribution in [2.24, 2.45) is 0 Å². The number of hydrogen-bond acceptors (Lipinski definition) is 6. The number of carbonyl (C=O) groups excluding carboxylic acids is 1. The van der Waals surface area contributed by atoms with Crippen molar-refractivity contribution < 1.29 is 9.72 Å². The third kappa shape index (κ3) is 4.20. The third-order valence-electron chi connectivity index (χ3n) is 4.39. The number of nitrogens with zero attached hydrogens (tertiary/aromatic N) is 2. The molecule has 0 saturated carbocycles. The van der Waals surface area contributed by atoms with Crippen molar-refractivity contribution in [1.29, 1.82) is 0 Å². The SMILES string of the molecule is CC1Cc2ccsc2C(C)N1CCNC(=O)c1ccc([N+](=O)[O-])s1.Cl. The molecule has 25 heavy (non-hydrogen) atoms. The van der Waals surface area contributed by atoms with E-state index in [1.165, 1.54) is 22.6 Å². The van der Waals surface area contributed by atoms with E-state index in [9.17, 15) is 14.9 Å². The van der Waals surface area contributed by atoms with E-state index in [1.54, 1.807) is 11.3 Å². The van der Waals surface area contributed by atoms with Crippen molar-refractivity contribution in [3.05, 3.63) is 49.0 Å². The Hall–Kier alpha value is -1.48. The van der Waals surface area contributed by atoms with Gasteiger partial charge < -0.3 is 5.32 Å². The van der Waals surface area contributed by atoms with Crippen LogP contribution in [0.25, 0.3) is 0 Å². The van der Waals surface area contributed by atoms with Gasteiger partial charge >= 0.3 is 5.00 Å². The van der Waals surface area contributed by atoms with Crippen LogP contribution >= 0.6 is 35.1 Å². The molecule has 136 valence electrons. The minimum Gasteiger partial charge on any atom is -0.350 e. The van der Waals surface area contributed by atoms with Crippen LogP contribution in [0.1, 0.15) is 40.0 Å². The number of hydrogen-bond donors (Lipinski definition) is 1. The highest BCUT2D eigenvalue weighted by Crippen LogP contribution is 2.35. The zero-order valence-electron chi connectivity index (χ0n) is 13.9. The number of amides is 1. The molecule has 0 aliphatic carbocycles. The van der Waals surface area contributed by atoms with Gasteiger partial charge in [0.15, 0.2) is 0 Å². The number of thiophene rings is 2. The minimum atomic E-state index is -0.475. The highest BCUT2D eigenvalue weighted by atomic mass is 35.5. The smallest absolute Gasteiger partial charge is 0.324 e. The first-order chi connectivity index (χ1) is 11.5. The predicted octanol–water partition coefficient (Wildman–Crippen LogP) is 3.88. The second kappa shape index (κ2) is 8.27. The largest absolute Gasteiger partial charge is 0.350 e. The summed E-state index contributed by atoms with van der Waals surface area (Å²) in [6.45, 7) is 5.70. The highest BCUT2D eigenvalue weighted by molar-refractivity contribution is 7.17. The molecule has 0 saturated heterocycles. The van der Waals surface area contributed by atoms with E-state index in [4.69, 9.17) is 0 Å².